The number of imidazole rings is 1. The maximum atomic E-state index is 13.1. The molecule has 1 aliphatic heterocycles. The van der Waals surface area contributed by atoms with Crippen molar-refractivity contribution in [1.82, 2.24) is 14.5 Å². The summed E-state index contributed by atoms with van der Waals surface area (Å²) in [4.78, 5) is 19.9. The number of hydrogen-bond donors (Lipinski definition) is 0. The maximum Gasteiger partial charge on any atom is 0.263 e. The number of likely N-dealkylation sites (tertiary alicyclic amines) is 1. The van der Waals surface area contributed by atoms with Crippen molar-refractivity contribution in [2.75, 3.05) is 13.1 Å². The molecule has 3 aromatic rings. The molecule has 0 saturated carbocycles. The third kappa shape index (κ3) is 4.00. The third-order valence-corrected chi connectivity index (χ3v) is 5.78. The fraction of sp³-hybridized carbons (Fsp3) is 0.417. The minimum atomic E-state index is -0.504. The smallest absolute Gasteiger partial charge is 0.263 e. The first-order chi connectivity index (χ1) is 13.9. The van der Waals surface area contributed by atoms with E-state index in [0.717, 1.165) is 53.1 Å². The Balaban J connectivity index is 1.48. The summed E-state index contributed by atoms with van der Waals surface area (Å²) in [5.41, 5.74) is 4.43. The van der Waals surface area contributed by atoms with Crippen LogP contribution in [0.2, 0.25) is 0 Å². The van der Waals surface area contributed by atoms with E-state index in [1.807, 2.05) is 56.0 Å². The molecule has 0 bridgehead atoms. The number of amides is 1. The van der Waals surface area contributed by atoms with Crippen molar-refractivity contribution >= 4 is 16.9 Å². The second-order valence-corrected chi connectivity index (χ2v) is 8.22. The Bertz CT molecular complexity index is 1020. The minimum absolute atomic E-state index is 0.0487. The molecule has 0 radical (unpaired) electrons. The second-order valence-electron chi connectivity index (χ2n) is 8.22. The van der Waals surface area contributed by atoms with Crippen LogP contribution in [0.4, 0.5) is 0 Å². The molecule has 4 rings (SSSR count). The first-order valence-corrected chi connectivity index (χ1v) is 10.4. The number of carbonyl (C=O) groups is 1. The zero-order chi connectivity index (χ0) is 20.5. The van der Waals surface area contributed by atoms with Crippen LogP contribution < -0.4 is 4.74 Å². The molecule has 1 saturated heterocycles. The molecule has 5 nitrogen and oxygen atoms in total. The van der Waals surface area contributed by atoms with Gasteiger partial charge in [0.05, 0.1) is 11.0 Å². The van der Waals surface area contributed by atoms with E-state index in [4.69, 9.17) is 9.72 Å². The van der Waals surface area contributed by atoms with E-state index in [1.165, 1.54) is 0 Å². The first kappa shape index (κ1) is 19.5. The number of para-hydroxylation sites is 2. The van der Waals surface area contributed by atoms with Gasteiger partial charge < -0.3 is 14.2 Å². The summed E-state index contributed by atoms with van der Waals surface area (Å²) in [7, 11) is 2.07. The van der Waals surface area contributed by atoms with Crippen molar-refractivity contribution in [3.05, 3.63) is 59.4 Å². The van der Waals surface area contributed by atoms with Gasteiger partial charge in [-0.05, 0) is 69.0 Å². The average molecular weight is 392 g/mol. The van der Waals surface area contributed by atoms with E-state index in [0.29, 0.717) is 6.54 Å². The van der Waals surface area contributed by atoms with Gasteiger partial charge in [0.15, 0.2) is 6.10 Å². The van der Waals surface area contributed by atoms with Gasteiger partial charge in [-0.2, -0.15) is 0 Å². The summed E-state index contributed by atoms with van der Waals surface area (Å²) in [6.45, 7) is 7.39. The topological polar surface area (TPSA) is 47.4 Å². The lowest BCUT2D eigenvalue weighted by atomic mass is 9.96. The first-order valence-electron chi connectivity index (χ1n) is 10.4. The van der Waals surface area contributed by atoms with E-state index in [2.05, 4.69) is 23.7 Å². The predicted molar refractivity (Wildman–Crippen MR) is 115 cm³/mol. The Morgan fingerprint density at radius 1 is 1.17 bits per heavy atom. The molecule has 5 heteroatoms. The standard InChI is InChI=1S/C24H29N3O2/c1-16-12-17(2)14-20(13-16)29-18(3)24(28)27-11-7-8-19(15-27)23-25-21-9-5-6-10-22(21)26(23)4/h5-6,9-10,12-14,18-19H,7-8,11,15H2,1-4H3. The van der Waals surface area contributed by atoms with Gasteiger partial charge in [-0.25, -0.2) is 4.98 Å². The van der Waals surface area contributed by atoms with Crippen LogP contribution >= 0.6 is 0 Å². The van der Waals surface area contributed by atoms with Crippen molar-refractivity contribution in [3.8, 4) is 5.75 Å². The van der Waals surface area contributed by atoms with Crippen LogP contribution in [0.5, 0.6) is 5.75 Å². The fourth-order valence-corrected chi connectivity index (χ4v) is 4.43. The minimum Gasteiger partial charge on any atom is -0.481 e. The number of nitrogens with zero attached hydrogens (tertiary/aromatic N) is 3. The highest BCUT2D eigenvalue weighted by Crippen LogP contribution is 2.29. The lowest BCUT2D eigenvalue weighted by Gasteiger charge is -2.34. The average Bonchev–Trinajstić information content (AvgIpc) is 3.03. The molecule has 1 amide bonds. The zero-order valence-electron chi connectivity index (χ0n) is 17.7. The zero-order valence-corrected chi connectivity index (χ0v) is 17.7. The van der Waals surface area contributed by atoms with Gasteiger partial charge in [-0.1, -0.05) is 18.2 Å². The summed E-state index contributed by atoms with van der Waals surface area (Å²) in [5, 5.41) is 0. The van der Waals surface area contributed by atoms with Crippen molar-refractivity contribution in [2.24, 2.45) is 7.05 Å². The van der Waals surface area contributed by atoms with Crippen LogP contribution in [0.1, 0.15) is 42.6 Å². The van der Waals surface area contributed by atoms with Gasteiger partial charge in [-0.3, -0.25) is 4.79 Å². The molecular weight excluding hydrogens is 362 g/mol. The number of hydrogen-bond acceptors (Lipinski definition) is 3. The normalized spacial score (nSPS) is 18.1. The Morgan fingerprint density at radius 2 is 1.90 bits per heavy atom. The van der Waals surface area contributed by atoms with Gasteiger partial charge in [0, 0.05) is 26.1 Å². The summed E-state index contributed by atoms with van der Waals surface area (Å²) in [6.07, 6.45) is 1.53. The number of piperidine rings is 1. The Kier molecular flexibility index (Phi) is 5.31. The Labute approximate surface area is 172 Å². The summed E-state index contributed by atoms with van der Waals surface area (Å²) in [5.74, 6) is 2.12. The number of fused-ring (bicyclic) bond motifs is 1. The number of carbonyl (C=O) groups excluding carboxylic acids is 1. The van der Waals surface area contributed by atoms with Gasteiger partial charge in [0.2, 0.25) is 0 Å². The molecule has 1 fully saturated rings. The SMILES string of the molecule is Cc1cc(C)cc(OC(C)C(=O)N2CCCC(c3nc4ccccc4n3C)C2)c1. The van der Waals surface area contributed by atoms with E-state index in [9.17, 15) is 4.79 Å². The van der Waals surface area contributed by atoms with Crippen LogP contribution in [-0.2, 0) is 11.8 Å². The fourth-order valence-electron chi connectivity index (χ4n) is 4.43. The van der Waals surface area contributed by atoms with Crippen molar-refractivity contribution in [2.45, 2.75) is 45.6 Å². The molecule has 0 aliphatic carbocycles. The molecule has 0 N–H and O–H groups in total. The molecule has 152 valence electrons. The van der Waals surface area contributed by atoms with E-state index < -0.39 is 6.10 Å². The quantitative estimate of drug-likeness (QED) is 0.664. The number of ether oxygens (including phenoxy) is 1. The van der Waals surface area contributed by atoms with Crippen molar-refractivity contribution in [3.63, 3.8) is 0 Å². The lowest BCUT2D eigenvalue weighted by molar-refractivity contribution is -0.139. The van der Waals surface area contributed by atoms with Crippen LogP contribution in [0.3, 0.4) is 0 Å². The number of aryl methyl sites for hydroxylation is 3. The summed E-state index contributed by atoms with van der Waals surface area (Å²) >= 11 is 0. The van der Waals surface area contributed by atoms with Gasteiger partial charge >= 0.3 is 0 Å². The third-order valence-electron chi connectivity index (χ3n) is 5.78. The van der Waals surface area contributed by atoms with Crippen molar-refractivity contribution < 1.29 is 9.53 Å². The predicted octanol–water partition coefficient (Wildman–Crippen LogP) is 4.36. The van der Waals surface area contributed by atoms with E-state index in [-0.39, 0.29) is 11.8 Å². The summed E-state index contributed by atoms with van der Waals surface area (Å²) < 4.78 is 8.16. The van der Waals surface area contributed by atoms with E-state index in [1.54, 1.807) is 0 Å². The van der Waals surface area contributed by atoms with Crippen molar-refractivity contribution in [1.29, 1.82) is 0 Å². The highest BCUT2D eigenvalue weighted by Gasteiger charge is 2.30. The van der Waals surface area contributed by atoms with Gasteiger partial charge in [0.1, 0.15) is 11.6 Å². The lowest BCUT2D eigenvalue weighted by Crippen LogP contribution is -2.45. The molecule has 0 spiro atoms. The molecule has 1 aromatic heterocycles. The molecule has 29 heavy (non-hydrogen) atoms. The van der Waals surface area contributed by atoms with Gasteiger partial charge in [-0.15, -0.1) is 0 Å². The summed E-state index contributed by atoms with van der Waals surface area (Å²) in [6, 6.07) is 14.3. The van der Waals surface area contributed by atoms with Crippen LogP contribution in [0, 0.1) is 13.8 Å². The van der Waals surface area contributed by atoms with Crippen LogP contribution in [-0.4, -0.2) is 39.6 Å². The molecule has 2 aromatic carbocycles. The largest absolute Gasteiger partial charge is 0.481 e. The number of aromatic nitrogens is 2. The molecule has 2 heterocycles. The van der Waals surface area contributed by atoms with Crippen LogP contribution in [0.25, 0.3) is 11.0 Å². The molecule has 2 unspecified atom stereocenters. The maximum absolute atomic E-state index is 13.1. The Morgan fingerprint density at radius 3 is 2.62 bits per heavy atom. The number of benzene rings is 2. The highest BCUT2D eigenvalue weighted by atomic mass is 16.5. The number of rotatable bonds is 4. The Hall–Kier alpha value is -2.82. The highest BCUT2D eigenvalue weighted by molar-refractivity contribution is 5.81. The van der Waals surface area contributed by atoms with Gasteiger partial charge in [0.25, 0.3) is 5.91 Å². The van der Waals surface area contributed by atoms with Crippen LogP contribution in [0.15, 0.2) is 42.5 Å². The second kappa shape index (κ2) is 7.90. The van der Waals surface area contributed by atoms with E-state index >= 15 is 0 Å². The molecular formula is C24H29N3O2. The molecule has 1 aliphatic rings. The molecule has 2 atom stereocenters. The monoisotopic (exact) mass is 391 g/mol.